The van der Waals surface area contributed by atoms with Gasteiger partial charge in [-0.25, -0.2) is 0 Å². The molecule has 0 atom stereocenters. The van der Waals surface area contributed by atoms with E-state index >= 15 is 0 Å². The maximum absolute atomic E-state index is 11.1. The van der Waals surface area contributed by atoms with Gasteiger partial charge in [0.1, 0.15) is 0 Å². The monoisotopic (exact) mass is 158 g/mol. The summed E-state index contributed by atoms with van der Waals surface area (Å²) in [6.45, 7) is 4.27. The molecule has 0 heterocycles. The molecule has 0 fully saturated rings. The number of hydrogen-bond donors (Lipinski definition) is 1. The third-order valence-corrected chi connectivity index (χ3v) is 2.06. The molecular formula is C8H18N2O. The first-order chi connectivity index (χ1) is 5.17. The third kappa shape index (κ3) is 2.89. The quantitative estimate of drug-likeness (QED) is 0.651. The van der Waals surface area contributed by atoms with Gasteiger partial charge in [-0.15, -0.1) is 0 Å². The highest BCUT2D eigenvalue weighted by atomic mass is 16.2. The Hall–Kier alpha value is -0.570. The van der Waals surface area contributed by atoms with Crippen molar-refractivity contribution in [3.05, 3.63) is 0 Å². The second-order valence-corrected chi connectivity index (χ2v) is 2.68. The molecule has 0 bridgehead atoms. The first-order valence-electron chi connectivity index (χ1n) is 4.13. The lowest BCUT2D eigenvalue weighted by molar-refractivity contribution is -0.130. The van der Waals surface area contributed by atoms with Gasteiger partial charge in [0.2, 0.25) is 5.91 Å². The van der Waals surface area contributed by atoms with Crippen molar-refractivity contribution in [2.45, 2.75) is 32.7 Å². The Kier molecular flexibility index (Phi) is 4.86. The van der Waals surface area contributed by atoms with Gasteiger partial charge in [0.15, 0.2) is 0 Å². The van der Waals surface area contributed by atoms with E-state index in [4.69, 9.17) is 5.73 Å². The minimum absolute atomic E-state index is 0.0266. The summed E-state index contributed by atoms with van der Waals surface area (Å²) in [6.07, 6.45) is 2.00. The van der Waals surface area contributed by atoms with Crippen molar-refractivity contribution in [1.29, 1.82) is 0 Å². The standard InChI is InChI=1S/C8H18N2O/c1-4-7(5-2)10(3)8(11)6-9/h7H,4-6,9H2,1-3H3. The minimum atomic E-state index is 0.0266. The van der Waals surface area contributed by atoms with Crippen LogP contribution in [0.25, 0.3) is 0 Å². The summed E-state index contributed by atoms with van der Waals surface area (Å²) in [7, 11) is 1.81. The summed E-state index contributed by atoms with van der Waals surface area (Å²) in [4.78, 5) is 12.8. The van der Waals surface area contributed by atoms with Crippen LogP contribution in [0, 0.1) is 0 Å². The molecule has 0 rings (SSSR count). The summed E-state index contributed by atoms with van der Waals surface area (Å²) in [6, 6.07) is 0.353. The summed E-state index contributed by atoms with van der Waals surface area (Å²) in [5.74, 6) is 0.0266. The zero-order valence-corrected chi connectivity index (χ0v) is 7.63. The molecular weight excluding hydrogens is 140 g/mol. The Morgan fingerprint density at radius 1 is 1.45 bits per heavy atom. The van der Waals surface area contributed by atoms with Gasteiger partial charge in [-0.1, -0.05) is 13.8 Å². The lowest BCUT2D eigenvalue weighted by Gasteiger charge is -2.25. The molecule has 0 aromatic carbocycles. The Balaban J connectivity index is 3.97. The predicted molar refractivity (Wildman–Crippen MR) is 46.2 cm³/mol. The first kappa shape index (κ1) is 10.4. The Bertz CT molecular complexity index is 121. The number of hydrogen-bond acceptors (Lipinski definition) is 2. The van der Waals surface area contributed by atoms with Crippen molar-refractivity contribution < 1.29 is 4.79 Å². The number of likely N-dealkylation sites (N-methyl/N-ethyl adjacent to an activating group) is 1. The van der Waals surface area contributed by atoms with Crippen LogP contribution in [0.4, 0.5) is 0 Å². The molecule has 0 radical (unpaired) electrons. The highest BCUT2D eigenvalue weighted by Gasteiger charge is 2.14. The van der Waals surface area contributed by atoms with Crippen LogP contribution in [-0.4, -0.2) is 30.4 Å². The van der Waals surface area contributed by atoms with E-state index in [-0.39, 0.29) is 12.5 Å². The van der Waals surface area contributed by atoms with Gasteiger partial charge in [-0.2, -0.15) is 0 Å². The summed E-state index contributed by atoms with van der Waals surface area (Å²) < 4.78 is 0. The van der Waals surface area contributed by atoms with Crippen molar-refractivity contribution in [1.82, 2.24) is 4.90 Å². The Morgan fingerprint density at radius 3 is 2.18 bits per heavy atom. The van der Waals surface area contributed by atoms with Gasteiger partial charge in [0.05, 0.1) is 6.54 Å². The molecule has 0 aromatic heterocycles. The van der Waals surface area contributed by atoms with E-state index in [1.165, 1.54) is 0 Å². The molecule has 0 spiro atoms. The summed E-state index contributed by atoms with van der Waals surface area (Å²) in [5.41, 5.74) is 5.23. The molecule has 0 aliphatic carbocycles. The molecule has 0 aliphatic rings. The average Bonchev–Trinajstić information content (AvgIpc) is 2.05. The molecule has 3 heteroatoms. The number of carbonyl (C=O) groups excluding carboxylic acids is 1. The molecule has 66 valence electrons. The fraction of sp³-hybridized carbons (Fsp3) is 0.875. The number of carbonyl (C=O) groups is 1. The van der Waals surface area contributed by atoms with Gasteiger partial charge in [-0.05, 0) is 12.8 Å². The van der Waals surface area contributed by atoms with Crippen LogP contribution in [0.5, 0.6) is 0 Å². The summed E-state index contributed by atoms with van der Waals surface area (Å²) >= 11 is 0. The van der Waals surface area contributed by atoms with E-state index in [1.54, 1.807) is 4.90 Å². The van der Waals surface area contributed by atoms with E-state index in [9.17, 15) is 4.79 Å². The van der Waals surface area contributed by atoms with Crippen molar-refractivity contribution in [3.8, 4) is 0 Å². The van der Waals surface area contributed by atoms with Crippen molar-refractivity contribution >= 4 is 5.91 Å². The van der Waals surface area contributed by atoms with Crippen molar-refractivity contribution in [2.75, 3.05) is 13.6 Å². The average molecular weight is 158 g/mol. The molecule has 0 aromatic rings. The number of nitrogens with two attached hydrogens (primary N) is 1. The molecule has 1 amide bonds. The fourth-order valence-corrected chi connectivity index (χ4v) is 1.18. The van der Waals surface area contributed by atoms with Gasteiger partial charge < -0.3 is 10.6 Å². The zero-order chi connectivity index (χ0) is 8.85. The normalized spacial score (nSPS) is 10.3. The maximum atomic E-state index is 11.1. The molecule has 0 unspecified atom stereocenters. The second-order valence-electron chi connectivity index (χ2n) is 2.68. The zero-order valence-electron chi connectivity index (χ0n) is 7.63. The minimum Gasteiger partial charge on any atom is -0.342 e. The molecule has 0 saturated carbocycles. The van der Waals surface area contributed by atoms with E-state index in [2.05, 4.69) is 13.8 Å². The van der Waals surface area contributed by atoms with Crippen LogP contribution in [0.3, 0.4) is 0 Å². The lowest BCUT2D eigenvalue weighted by atomic mass is 10.1. The van der Waals surface area contributed by atoms with E-state index in [1.807, 2.05) is 7.05 Å². The SMILES string of the molecule is CCC(CC)N(C)C(=O)CN. The molecule has 0 aliphatic heterocycles. The predicted octanol–water partition coefficient (Wildman–Crippen LogP) is 0.592. The highest BCUT2D eigenvalue weighted by Crippen LogP contribution is 2.05. The van der Waals surface area contributed by atoms with Crippen LogP contribution in [0.2, 0.25) is 0 Å². The van der Waals surface area contributed by atoms with Crippen molar-refractivity contribution in [2.24, 2.45) is 5.73 Å². The van der Waals surface area contributed by atoms with Gasteiger partial charge in [0.25, 0.3) is 0 Å². The van der Waals surface area contributed by atoms with Crippen LogP contribution < -0.4 is 5.73 Å². The van der Waals surface area contributed by atoms with E-state index in [0.29, 0.717) is 6.04 Å². The number of nitrogens with zero attached hydrogens (tertiary/aromatic N) is 1. The Morgan fingerprint density at radius 2 is 1.91 bits per heavy atom. The van der Waals surface area contributed by atoms with Gasteiger partial charge in [-0.3, -0.25) is 4.79 Å². The fourth-order valence-electron chi connectivity index (χ4n) is 1.18. The van der Waals surface area contributed by atoms with Crippen LogP contribution >= 0.6 is 0 Å². The van der Waals surface area contributed by atoms with Gasteiger partial charge >= 0.3 is 0 Å². The smallest absolute Gasteiger partial charge is 0.236 e. The van der Waals surface area contributed by atoms with Crippen molar-refractivity contribution in [3.63, 3.8) is 0 Å². The first-order valence-corrected chi connectivity index (χ1v) is 4.13. The van der Waals surface area contributed by atoms with Crippen LogP contribution in [0.15, 0.2) is 0 Å². The van der Waals surface area contributed by atoms with E-state index < -0.39 is 0 Å². The molecule has 3 nitrogen and oxygen atoms in total. The second kappa shape index (κ2) is 5.13. The highest BCUT2D eigenvalue weighted by molar-refractivity contribution is 5.78. The molecule has 11 heavy (non-hydrogen) atoms. The van der Waals surface area contributed by atoms with E-state index in [0.717, 1.165) is 12.8 Å². The largest absolute Gasteiger partial charge is 0.342 e. The molecule has 2 N–H and O–H groups in total. The maximum Gasteiger partial charge on any atom is 0.236 e. The van der Waals surface area contributed by atoms with Crippen LogP contribution in [-0.2, 0) is 4.79 Å². The Labute approximate surface area is 68.6 Å². The lowest BCUT2D eigenvalue weighted by Crippen LogP contribution is -2.39. The topological polar surface area (TPSA) is 46.3 Å². The molecule has 0 saturated heterocycles. The number of rotatable bonds is 4. The van der Waals surface area contributed by atoms with Crippen LogP contribution in [0.1, 0.15) is 26.7 Å². The third-order valence-electron chi connectivity index (χ3n) is 2.06. The van der Waals surface area contributed by atoms with Gasteiger partial charge in [0, 0.05) is 13.1 Å². The summed E-state index contributed by atoms with van der Waals surface area (Å²) in [5, 5.41) is 0. The number of amides is 1.